The molecule has 6 heteroatoms. The summed E-state index contributed by atoms with van der Waals surface area (Å²) in [6, 6.07) is 7.14. The van der Waals surface area contributed by atoms with Crippen LogP contribution in [0.3, 0.4) is 0 Å². The topological polar surface area (TPSA) is 68.3 Å². The van der Waals surface area contributed by atoms with Crippen molar-refractivity contribution in [3.63, 3.8) is 0 Å². The fraction of sp³-hybridized carbons (Fsp3) is 0. The molecule has 17 heavy (non-hydrogen) atoms. The van der Waals surface area contributed by atoms with Crippen LogP contribution in [0, 0.1) is 0 Å². The van der Waals surface area contributed by atoms with Gasteiger partial charge in [-0.15, -0.1) is 0 Å². The lowest BCUT2D eigenvalue weighted by Gasteiger charge is -1.94. The third kappa shape index (κ3) is 2.89. The second-order valence-electron chi connectivity index (χ2n) is 3.15. The van der Waals surface area contributed by atoms with Gasteiger partial charge < -0.3 is 5.73 Å². The zero-order chi connectivity index (χ0) is 12.3. The molecule has 0 radical (unpaired) electrons. The molecule has 0 fully saturated rings. The average molecular weight is 266 g/mol. The fourth-order valence-corrected chi connectivity index (χ4v) is 1.92. The Labute approximate surface area is 107 Å². The number of nitrogen functional groups attached to an aromatic ring is 1. The largest absolute Gasteiger partial charge is 0.375 e. The Morgan fingerprint density at radius 1 is 1.47 bits per heavy atom. The number of anilines is 1. The average Bonchev–Trinajstić information content (AvgIpc) is 2.74. The number of carbonyl (C=O) groups is 1. The van der Waals surface area contributed by atoms with Crippen molar-refractivity contribution in [2.75, 3.05) is 5.73 Å². The highest BCUT2D eigenvalue weighted by Gasteiger charge is 2.07. The summed E-state index contributed by atoms with van der Waals surface area (Å²) >= 11 is 7.03. The van der Waals surface area contributed by atoms with Gasteiger partial charge in [0.15, 0.2) is 5.13 Å². The quantitative estimate of drug-likeness (QED) is 0.849. The third-order valence-corrected chi connectivity index (χ3v) is 3.12. The van der Waals surface area contributed by atoms with Crippen LogP contribution in [0.15, 0.2) is 35.5 Å². The van der Waals surface area contributed by atoms with Gasteiger partial charge in [0, 0.05) is 16.8 Å². The van der Waals surface area contributed by atoms with Gasteiger partial charge in [0.1, 0.15) is 4.88 Å². The Morgan fingerprint density at radius 2 is 2.24 bits per heavy atom. The molecule has 0 unspecified atom stereocenters. The van der Waals surface area contributed by atoms with E-state index in [2.05, 4.69) is 9.98 Å². The van der Waals surface area contributed by atoms with Crippen LogP contribution >= 0.6 is 22.9 Å². The molecule has 4 nitrogen and oxygen atoms in total. The number of hydrogen-bond acceptors (Lipinski definition) is 4. The Balaban J connectivity index is 2.17. The van der Waals surface area contributed by atoms with Crippen molar-refractivity contribution >= 4 is 40.2 Å². The van der Waals surface area contributed by atoms with Crippen molar-refractivity contribution in [1.29, 1.82) is 0 Å². The van der Waals surface area contributed by atoms with E-state index < -0.39 is 0 Å². The number of thiazole rings is 1. The zero-order valence-corrected chi connectivity index (χ0v) is 10.2. The summed E-state index contributed by atoms with van der Waals surface area (Å²) in [5.74, 6) is -0.376. The van der Waals surface area contributed by atoms with Gasteiger partial charge in [0.05, 0.1) is 6.20 Å². The lowest BCUT2D eigenvalue weighted by atomic mass is 10.2. The zero-order valence-electron chi connectivity index (χ0n) is 8.63. The Kier molecular flexibility index (Phi) is 3.51. The first kappa shape index (κ1) is 11.8. The highest BCUT2D eigenvalue weighted by Crippen LogP contribution is 2.16. The van der Waals surface area contributed by atoms with Crippen LogP contribution in [0.4, 0.5) is 5.13 Å². The van der Waals surface area contributed by atoms with Crippen molar-refractivity contribution in [3.05, 3.63) is 45.9 Å². The molecule has 0 spiro atoms. The highest BCUT2D eigenvalue weighted by atomic mass is 35.5. The lowest BCUT2D eigenvalue weighted by molar-refractivity contribution is 0.101. The van der Waals surface area contributed by atoms with Gasteiger partial charge in [0.2, 0.25) is 0 Å². The standard InChI is InChI=1S/C11H8ClN3OS/c12-8-4-2-1-3-7(8)5-14-10(16)9-6-15-11(13)17-9/h1-6H,(H2,13,15)/b14-5+. The molecule has 0 saturated heterocycles. The van der Waals surface area contributed by atoms with Gasteiger partial charge in [-0.25, -0.2) is 9.98 Å². The van der Waals surface area contributed by atoms with E-state index in [0.717, 1.165) is 11.3 Å². The predicted molar refractivity (Wildman–Crippen MR) is 69.9 cm³/mol. The minimum absolute atomic E-state index is 0.348. The summed E-state index contributed by atoms with van der Waals surface area (Å²) < 4.78 is 0. The minimum Gasteiger partial charge on any atom is -0.375 e. The van der Waals surface area contributed by atoms with Gasteiger partial charge >= 0.3 is 0 Å². The molecule has 0 saturated carbocycles. The third-order valence-electron chi connectivity index (χ3n) is 1.96. The summed E-state index contributed by atoms with van der Waals surface area (Å²) in [6.07, 6.45) is 2.84. The molecule has 1 aromatic heterocycles. The van der Waals surface area contributed by atoms with Crippen LogP contribution in [-0.4, -0.2) is 17.1 Å². The molecule has 1 heterocycles. The van der Waals surface area contributed by atoms with Gasteiger partial charge in [-0.2, -0.15) is 0 Å². The number of hydrogen-bond donors (Lipinski definition) is 1. The normalized spacial score (nSPS) is 10.9. The van der Waals surface area contributed by atoms with Crippen LogP contribution in [0.25, 0.3) is 0 Å². The number of nitrogens with zero attached hydrogens (tertiary/aromatic N) is 2. The van der Waals surface area contributed by atoms with E-state index in [1.165, 1.54) is 12.4 Å². The first-order chi connectivity index (χ1) is 8.16. The fourth-order valence-electron chi connectivity index (χ4n) is 1.16. The van der Waals surface area contributed by atoms with Gasteiger partial charge in [0.25, 0.3) is 5.91 Å². The maximum atomic E-state index is 11.6. The van der Waals surface area contributed by atoms with Crippen LogP contribution in [0.5, 0.6) is 0 Å². The van der Waals surface area contributed by atoms with Crippen molar-refractivity contribution in [1.82, 2.24) is 4.98 Å². The second kappa shape index (κ2) is 5.07. The van der Waals surface area contributed by atoms with E-state index in [1.807, 2.05) is 12.1 Å². The van der Waals surface area contributed by atoms with E-state index in [1.54, 1.807) is 12.1 Å². The Hall–Kier alpha value is -1.72. The number of halogens is 1. The van der Waals surface area contributed by atoms with Crippen LogP contribution in [0.2, 0.25) is 5.02 Å². The van der Waals surface area contributed by atoms with E-state index >= 15 is 0 Å². The molecular weight excluding hydrogens is 258 g/mol. The van der Waals surface area contributed by atoms with Crippen molar-refractivity contribution < 1.29 is 4.79 Å². The predicted octanol–water partition coefficient (Wildman–Crippen LogP) is 2.64. The summed E-state index contributed by atoms with van der Waals surface area (Å²) in [5.41, 5.74) is 6.12. The first-order valence-electron chi connectivity index (χ1n) is 4.71. The SMILES string of the molecule is Nc1ncc(C(=O)/N=C/c2ccccc2Cl)s1. The van der Waals surface area contributed by atoms with Crippen molar-refractivity contribution in [2.45, 2.75) is 0 Å². The molecule has 0 aliphatic rings. The van der Waals surface area contributed by atoms with Crippen molar-refractivity contribution in [3.8, 4) is 0 Å². The summed E-state index contributed by atoms with van der Waals surface area (Å²) in [5, 5.41) is 0.897. The monoisotopic (exact) mass is 265 g/mol. The number of rotatable bonds is 2. The first-order valence-corrected chi connectivity index (χ1v) is 5.90. The molecule has 0 atom stereocenters. The number of amides is 1. The smallest absolute Gasteiger partial charge is 0.288 e. The molecule has 2 aromatic rings. The molecular formula is C11H8ClN3OS. The Bertz CT molecular complexity index is 580. The molecule has 86 valence electrons. The molecule has 2 rings (SSSR count). The molecule has 0 bridgehead atoms. The van der Waals surface area contributed by atoms with Crippen molar-refractivity contribution in [2.24, 2.45) is 4.99 Å². The maximum absolute atomic E-state index is 11.6. The van der Waals surface area contributed by atoms with E-state index in [-0.39, 0.29) is 5.91 Å². The summed E-state index contributed by atoms with van der Waals surface area (Å²) in [4.78, 5) is 19.6. The van der Waals surface area contributed by atoms with E-state index in [9.17, 15) is 4.79 Å². The molecule has 2 N–H and O–H groups in total. The summed E-state index contributed by atoms with van der Waals surface area (Å²) in [7, 11) is 0. The molecule has 0 aliphatic carbocycles. The highest BCUT2D eigenvalue weighted by molar-refractivity contribution is 7.17. The maximum Gasteiger partial charge on any atom is 0.288 e. The van der Waals surface area contributed by atoms with Gasteiger partial charge in [-0.05, 0) is 6.07 Å². The lowest BCUT2D eigenvalue weighted by Crippen LogP contribution is -1.92. The van der Waals surface area contributed by atoms with Crippen LogP contribution in [0.1, 0.15) is 15.2 Å². The second-order valence-corrected chi connectivity index (χ2v) is 4.62. The van der Waals surface area contributed by atoms with Gasteiger partial charge in [-0.1, -0.05) is 41.1 Å². The minimum atomic E-state index is -0.376. The number of carbonyl (C=O) groups excluding carboxylic acids is 1. The Morgan fingerprint density at radius 3 is 2.88 bits per heavy atom. The summed E-state index contributed by atoms with van der Waals surface area (Å²) in [6.45, 7) is 0. The van der Waals surface area contributed by atoms with Crippen LogP contribution < -0.4 is 5.73 Å². The van der Waals surface area contributed by atoms with Gasteiger partial charge in [-0.3, -0.25) is 4.79 Å². The number of benzene rings is 1. The molecule has 0 aliphatic heterocycles. The van der Waals surface area contributed by atoms with E-state index in [0.29, 0.717) is 20.6 Å². The van der Waals surface area contributed by atoms with E-state index in [4.69, 9.17) is 17.3 Å². The molecule has 1 aromatic carbocycles. The number of nitrogens with two attached hydrogens (primary N) is 1. The number of aromatic nitrogens is 1. The number of aliphatic imine (C=N–C) groups is 1. The molecule has 1 amide bonds. The van der Waals surface area contributed by atoms with Crippen LogP contribution in [-0.2, 0) is 0 Å².